The van der Waals surface area contributed by atoms with Crippen LogP contribution < -0.4 is 10.1 Å². The molecular formula is C21H33N3O2. The number of nitrogens with one attached hydrogen (secondary N) is 1. The number of ether oxygens (including phenoxy) is 1. The first kappa shape index (κ1) is 19.0. The number of nitrogens with zero attached hydrogens (tertiary/aromatic N) is 2. The quantitative estimate of drug-likeness (QED) is 0.843. The maximum Gasteiger partial charge on any atom is 0.318 e. The van der Waals surface area contributed by atoms with Crippen molar-refractivity contribution in [1.29, 1.82) is 0 Å². The van der Waals surface area contributed by atoms with Gasteiger partial charge in [0.05, 0.1) is 6.61 Å². The third kappa shape index (κ3) is 4.91. The summed E-state index contributed by atoms with van der Waals surface area (Å²) in [6.45, 7) is 12.0. The molecule has 1 heterocycles. The highest BCUT2D eigenvalue weighted by Gasteiger charge is 2.36. The fourth-order valence-corrected chi connectivity index (χ4v) is 3.59. The van der Waals surface area contributed by atoms with Gasteiger partial charge in [0.15, 0.2) is 0 Å². The molecule has 1 unspecified atom stereocenters. The topological polar surface area (TPSA) is 44.8 Å². The zero-order chi connectivity index (χ0) is 18.7. The monoisotopic (exact) mass is 359 g/mol. The standard InChI is InChI=1S/C21H33N3O2/c1-5-26-19-8-6-7-16(13-19)14-24(18-9-10-18)20(25)22-17-11-12-23(15-17)21(2,3)4/h6-8,13,17-18H,5,9-12,14-15H2,1-4H3,(H,22,25). The van der Waals surface area contributed by atoms with Gasteiger partial charge in [-0.2, -0.15) is 0 Å². The number of hydrogen-bond acceptors (Lipinski definition) is 3. The summed E-state index contributed by atoms with van der Waals surface area (Å²) in [7, 11) is 0. The zero-order valence-electron chi connectivity index (χ0n) is 16.6. The van der Waals surface area contributed by atoms with Crippen LogP contribution in [-0.4, -0.2) is 53.1 Å². The Morgan fingerprint density at radius 1 is 1.31 bits per heavy atom. The third-order valence-electron chi connectivity index (χ3n) is 5.28. The molecule has 1 aromatic rings. The molecule has 5 nitrogen and oxygen atoms in total. The van der Waals surface area contributed by atoms with Crippen LogP contribution in [0.4, 0.5) is 4.79 Å². The molecule has 26 heavy (non-hydrogen) atoms. The van der Waals surface area contributed by atoms with Crippen LogP contribution >= 0.6 is 0 Å². The van der Waals surface area contributed by atoms with Crippen LogP contribution in [0.3, 0.4) is 0 Å². The first-order valence-electron chi connectivity index (χ1n) is 9.90. The second kappa shape index (κ2) is 7.87. The van der Waals surface area contributed by atoms with Crippen LogP contribution in [0.5, 0.6) is 5.75 Å². The Morgan fingerprint density at radius 2 is 2.08 bits per heavy atom. The number of carbonyl (C=O) groups excluding carboxylic acids is 1. The molecule has 0 bridgehead atoms. The van der Waals surface area contributed by atoms with Crippen molar-refractivity contribution < 1.29 is 9.53 Å². The van der Waals surface area contributed by atoms with Crippen LogP contribution in [0.15, 0.2) is 24.3 Å². The van der Waals surface area contributed by atoms with Crippen LogP contribution in [0.2, 0.25) is 0 Å². The Hall–Kier alpha value is -1.75. The maximum atomic E-state index is 12.9. The van der Waals surface area contributed by atoms with Crippen molar-refractivity contribution in [2.45, 2.75) is 71.1 Å². The van der Waals surface area contributed by atoms with Gasteiger partial charge in [0.1, 0.15) is 5.75 Å². The lowest BCUT2D eigenvalue weighted by atomic mass is 10.1. The van der Waals surface area contributed by atoms with E-state index in [1.807, 2.05) is 30.0 Å². The zero-order valence-corrected chi connectivity index (χ0v) is 16.6. The van der Waals surface area contributed by atoms with Crippen LogP contribution in [0.1, 0.15) is 52.5 Å². The number of urea groups is 1. The van der Waals surface area contributed by atoms with Crippen molar-refractivity contribution in [3.63, 3.8) is 0 Å². The van der Waals surface area contributed by atoms with Gasteiger partial charge in [-0.1, -0.05) is 12.1 Å². The molecule has 2 amide bonds. The van der Waals surface area contributed by atoms with E-state index in [-0.39, 0.29) is 17.6 Å². The van der Waals surface area contributed by atoms with E-state index >= 15 is 0 Å². The summed E-state index contributed by atoms with van der Waals surface area (Å²) < 4.78 is 5.59. The average molecular weight is 360 g/mol. The minimum absolute atomic E-state index is 0.0788. The van der Waals surface area contributed by atoms with Crippen LogP contribution in [0, 0.1) is 0 Å². The van der Waals surface area contributed by atoms with Gasteiger partial charge in [-0.3, -0.25) is 4.90 Å². The van der Waals surface area contributed by atoms with Crippen molar-refractivity contribution in [1.82, 2.24) is 15.1 Å². The Labute approximate surface area is 157 Å². The molecule has 1 atom stereocenters. The summed E-state index contributed by atoms with van der Waals surface area (Å²) in [5.74, 6) is 0.873. The highest BCUT2D eigenvalue weighted by atomic mass is 16.5. The van der Waals surface area contributed by atoms with Gasteiger partial charge in [0.2, 0.25) is 0 Å². The van der Waals surface area contributed by atoms with Crippen molar-refractivity contribution in [3.05, 3.63) is 29.8 Å². The molecule has 1 aromatic carbocycles. The van der Waals surface area contributed by atoms with E-state index < -0.39 is 0 Å². The SMILES string of the molecule is CCOc1cccc(CN(C(=O)NC2CCN(C(C)(C)C)C2)C2CC2)c1. The van der Waals surface area contributed by atoms with Gasteiger partial charge in [-0.05, 0) is 64.7 Å². The first-order valence-corrected chi connectivity index (χ1v) is 9.90. The normalized spacial score (nSPS) is 20.8. The Kier molecular flexibility index (Phi) is 5.76. The highest BCUT2D eigenvalue weighted by molar-refractivity contribution is 5.75. The summed E-state index contributed by atoms with van der Waals surface area (Å²) in [5.41, 5.74) is 1.29. The van der Waals surface area contributed by atoms with E-state index in [0.29, 0.717) is 19.2 Å². The number of amides is 2. The Morgan fingerprint density at radius 3 is 2.69 bits per heavy atom. The Bertz CT molecular complexity index is 622. The minimum atomic E-state index is 0.0788. The van der Waals surface area contributed by atoms with Crippen molar-refractivity contribution >= 4 is 6.03 Å². The smallest absolute Gasteiger partial charge is 0.318 e. The van der Waals surface area contributed by atoms with E-state index in [4.69, 9.17) is 4.74 Å². The van der Waals surface area contributed by atoms with Gasteiger partial charge in [-0.15, -0.1) is 0 Å². The molecule has 1 N–H and O–H groups in total. The summed E-state index contributed by atoms with van der Waals surface area (Å²) in [5, 5.41) is 3.28. The summed E-state index contributed by atoms with van der Waals surface area (Å²) in [6.07, 6.45) is 3.25. The van der Waals surface area contributed by atoms with Gasteiger partial charge < -0.3 is 15.0 Å². The molecule has 1 saturated carbocycles. The molecule has 1 aliphatic heterocycles. The van der Waals surface area contributed by atoms with Gasteiger partial charge >= 0.3 is 6.03 Å². The first-order chi connectivity index (χ1) is 12.4. The predicted molar refractivity (Wildman–Crippen MR) is 104 cm³/mol. The molecule has 0 radical (unpaired) electrons. The lowest BCUT2D eigenvalue weighted by molar-refractivity contribution is 0.165. The molecular weight excluding hydrogens is 326 g/mol. The number of rotatable bonds is 6. The summed E-state index contributed by atoms with van der Waals surface area (Å²) >= 11 is 0. The fourth-order valence-electron chi connectivity index (χ4n) is 3.59. The fraction of sp³-hybridized carbons (Fsp3) is 0.667. The minimum Gasteiger partial charge on any atom is -0.494 e. The summed E-state index contributed by atoms with van der Waals surface area (Å²) in [4.78, 5) is 17.4. The molecule has 5 heteroatoms. The largest absolute Gasteiger partial charge is 0.494 e. The number of hydrogen-bond donors (Lipinski definition) is 1. The molecule has 2 aliphatic rings. The van der Waals surface area contributed by atoms with Crippen LogP contribution in [-0.2, 0) is 6.54 Å². The van der Waals surface area contributed by atoms with E-state index in [2.05, 4.69) is 37.1 Å². The maximum absolute atomic E-state index is 12.9. The number of benzene rings is 1. The lowest BCUT2D eigenvalue weighted by Crippen LogP contribution is -2.48. The van der Waals surface area contributed by atoms with E-state index in [9.17, 15) is 4.79 Å². The van der Waals surface area contributed by atoms with Crippen molar-refractivity contribution in [2.24, 2.45) is 0 Å². The number of likely N-dealkylation sites (tertiary alicyclic amines) is 1. The van der Waals surface area contributed by atoms with E-state index in [1.54, 1.807) is 0 Å². The van der Waals surface area contributed by atoms with E-state index in [0.717, 1.165) is 43.7 Å². The highest BCUT2D eigenvalue weighted by Crippen LogP contribution is 2.29. The van der Waals surface area contributed by atoms with Crippen LogP contribution in [0.25, 0.3) is 0 Å². The van der Waals surface area contributed by atoms with Crippen molar-refractivity contribution in [2.75, 3.05) is 19.7 Å². The second-order valence-corrected chi connectivity index (χ2v) is 8.49. The van der Waals surface area contributed by atoms with Crippen molar-refractivity contribution in [3.8, 4) is 5.75 Å². The molecule has 1 saturated heterocycles. The molecule has 0 spiro atoms. The van der Waals surface area contributed by atoms with Gasteiger partial charge in [0.25, 0.3) is 0 Å². The van der Waals surface area contributed by atoms with E-state index in [1.165, 1.54) is 0 Å². The second-order valence-electron chi connectivity index (χ2n) is 8.49. The Balaban J connectivity index is 1.60. The lowest BCUT2D eigenvalue weighted by Gasteiger charge is -2.32. The molecule has 3 rings (SSSR count). The third-order valence-corrected chi connectivity index (χ3v) is 5.28. The molecule has 0 aromatic heterocycles. The predicted octanol–water partition coefficient (Wildman–Crippen LogP) is 3.63. The molecule has 2 fully saturated rings. The average Bonchev–Trinajstić information content (AvgIpc) is 3.30. The van der Waals surface area contributed by atoms with Gasteiger partial charge in [0, 0.05) is 37.3 Å². The molecule has 1 aliphatic carbocycles. The summed E-state index contributed by atoms with van der Waals surface area (Å²) in [6, 6.07) is 8.79. The number of carbonyl (C=O) groups is 1. The van der Waals surface area contributed by atoms with Gasteiger partial charge in [-0.25, -0.2) is 4.79 Å². The molecule has 144 valence electrons.